The molecule has 0 aromatic heterocycles. The largest absolute Gasteiger partial charge is 0.481 e. The van der Waals surface area contributed by atoms with E-state index in [0.717, 1.165) is 0 Å². The SMILES string of the molecule is O=C(O)CCC(C(=O)O)N1C(=O)CCCC1=O. The molecule has 1 heterocycles. The van der Waals surface area contributed by atoms with Gasteiger partial charge in [0.05, 0.1) is 0 Å². The fourth-order valence-electron chi connectivity index (χ4n) is 1.74. The Morgan fingerprint density at radius 2 is 1.71 bits per heavy atom. The molecule has 0 radical (unpaired) electrons. The fraction of sp³-hybridized carbons (Fsp3) is 0.600. The Kier molecular flexibility index (Phi) is 4.19. The van der Waals surface area contributed by atoms with Gasteiger partial charge in [-0.05, 0) is 12.8 Å². The van der Waals surface area contributed by atoms with Crippen molar-refractivity contribution in [2.45, 2.75) is 38.1 Å². The number of carboxylic acids is 2. The summed E-state index contributed by atoms with van der Waals surface area (Å²) in [7, 11) is 0. The molecule has 1 aliphatic heterocycles. The molecular weight excluding hydrogens is 230 g/mol. The third-order valence-corrected chi connectivity index (χ3v) is 2.55. The molecule has 1 fully saturated rings. The Labute approximate surface area is 97.0 Å². The lowest BCUT2D eigenvalue weighted by atomic mass is 10.0. The summed E-state index contributed by atoms with van der Waals surface area (Å²) in [6, 6.07) is -1.37. The normalized spacial score (nSPS) is 18.0. The van der Waals surface area contributed by atoms with Gasteiger partial charge in [-0.1, -0.05) is 0 Å². The Balaban J connectivity index is 2.80. The van der Waals surface area contributed by atoms with Crippen molar-refractivity contribution in [1.82, 2.24) is 4.90 Å². The zero-order chi connectivity index (χ0) is 13.0. The first-order chi connectivity index (χ1) is 7.93. The smallest absolute Gasteiger partial charge is 0.326 e. The highest BCUT2D eigenvalue weighted by atomic mass is 16.4. The van der Waals surface area contributed by atoms with E-state index in [0.29, 0.717) is 11.3 Å². The van der Waals surface area contributed by atoms with Gasteiger partial charge < -0.3 is 10.2 Å². The summed E-state index contributed by atoms with van der Waals surface area (Å²) < 4.78 is 0. The molecule has 17 heavy (non-hydrogen) atoms. The average Bonchev–Trinajstić information content (AvgIpc) is 2.21. The molecule has 0 bridgehead atoms. The average molecular weight is 243 g/mol. The molecule has 0 aliphatic carbocycles. The highest BCUT2D eigenvalue weighted by Gasteiger charge is 2.36. The van der Waals surface area contributed by atoms with E-state index in [4.69, 9.17) is 10.2 Å². The van der Waals surface area contributed by atoms with Crippen LogP contribution in [-0.2, 0) is 19.2 Å². The quantitative estimate of drug-likeness (QED) is 0.649. The van der Waals surface area contributed by atoms with Crippen LogP contribution in [0.1, 0.15) is 32.1 Å². The highest BCUT2D eigenvalue weighted by Crippen LogP contribution is 2.18. The lowest BCUT2D eigenvalue weighted by molar-refractivity contribution is -0.161. The number of carbonyl (C=O) groups is 4. The van der Waals surface area contributed by atoms with Crippen molar-refractivity contribution in [3.8, 4) is 0 Å². The Morgan fingerprint density at radius 1 is 1.18 bits per heavy atom. The third-order valence-electron chi connectivity index (χ3n) is 2.55. The van der Waals surface area contributed by atoms with E-state index < -0.39 is 36.2 Å². The summed E-state index contributed by atoms with van der Waals surface area (Å²) in [5, 5.41) is 17.4. The predicted octanol–water partition coefficient (Wildman–Crippen LogP) is -0.157. The van der Waals surface area contributed by atoms with Gasteiger partial charge in [-0.25, -0.2) is 4.79 Å². The number of likely N-dealkylation sites (tertiary alicyclic amines) is 1. The van der Waals surface area contributed by atoms with Crippen LogP contribution in [-0.4, -0.2) is 44.9 Å². The van der Waals surface area contributed by atoms with Crippen LogP contribution < -0.4 is 0 Å². The van der Waals surface area contributed by atoms with Gasteiger partial charge in [-0.15, -0.1) is 0 Å². The summed E-state index contributed by atoms with van der Waals surface area (Å²) in [5.74, 6) is -3.60. The lowest BCUT2D eigenvalue weighted by Gasteiger charge is -2.29. The molecule has 0 saturated carbocycles. The van der Waals surface area contributed by atoms with Crippen LogP contribution in [0.15, 0.2) is 0 Å². The molecule has 7 heteroatoms. The first-order valence-electron chi connectivity index (χ1n) is 5.23. The molecule has 2 N–H and O–H groups in total. The highest BCUT2D eigenvalue weighted by molar-refractivity contribution is 6.01. The van der Waals surface area contributed by atoms with E-state index in [-0.39, 0.29) is 19.3 Å². The van der Waals surface area contributed by atoms with Crippen molar-refractivity contribution in [3.63, 3.8) is 0 Å². The molecule has 0 spiro atoms. The third kappa shape index (κ3) is 3.27. The maximum atomic E-state index is 11.5. The van der Waals surface area contributed by atoms with E-state index in [9.17, 15) is 19.2 Å². The minimum atomic E-state index is -1.37. The number of rotatable bonds is 5. The van der Waals surface area contributed by atoms with Crippen molar-refractivity contribution in [2.75, 3.05) is 0 Å². The standard InChI is InChI=1S/C10H13NO6/c12-7-2-1-3-8(13)11(7)6(10(16)17)4-5-9(14)15/h6H,1-5H2,(H,14,15)(H,16,17). The first kappa shape index (κ1) is 13.1. The number of hydrogen-bond acceptors (Lipinski definition) is 4. The van der Waals surface area contributed by atoms with Crippen LogP contribution in [0, 0.1) is 0 Å². The first-order valence-corrected chi connectivity index (χ1v) is 5.23. The summed E-state index contributed by atoms with van der Waals surface area (Å²) in [4.78, 5) is 45.0. The monoisotopic (exact) mass is 243 g/mol. The zero-order valence-corrected chi connectivity index (χ0v) is 9.09. The predicted molar refractivity (Wildman–Crippen MR) is 54.0 cm³/mol. The van der Waals surface area contributed by atoms with Gasteiger partial charge in [-0.2, -0.15) is 0 Å². The lowest BCUT2D eigenvalue weighted by Crippen LogP contribution is -2.50. The van der Waals surface area contributed by atoms with Gasteiger partial charge in [-0.3, -0.25) is 19.3 Å². The Bertz CT molecular complexity index is 348. The van der Waals surface area contributed by atoms with Gasteiger partial charge in [0.2, 0.25) is 11.8 Å². The maximum absolute atomic E-state index is 11.5. The molecule has 7 nitrogen and oxygen atoms in total. The van der Waals surface area contributed by atoms with Crippen molar-refractivity contribution < 1.29 is 29.4 Å². The van der Waals surface area contributed by atoms with E-state index >= 15 is 0 Å². The maximum Gasteiger partial charge on any atom is 0.326 e. The van der Waals surface area contributed by atoms with Crippen LogP contribution in [0.3, 0.4) is 0 Å². The molecule has 1 aliphatic rings. The fourth-order valence-corrected chi connectivity index (χ4v) is 1.74. The molecule has 1 unspecified atom stereocenters. The van der Waals surface area contributed by atoms with Crippen LogP contribution in [0.5, 0.6) is 0 Å². The summed E-state index contributed by atoms with van der Waals surface area (Å²) in [5.41, 5.74) is 0. The number of aliphatic carboxylic acids is 2. The number of imide groups is 1. The van der Waals surface area contributed by atoms with Gasteiger partial charge in [0.1, 0.15) is 6.04 Å². The topological polar surface area (TPSA) is 112 Å². The molecule has 0 aromatic carbocycles. The number of carboxylic acid groups (broad SMARTS) is 2. The van der Waals surface area contributed by atoms with Crippen LogP contribution >= 0.6 is 0 Å². The summed E-state index contributed by atoms with van der Waals surface area (Å²) in [6.07, 6.45) is 0.0147. The van der Waals surface area contributed by atoms with E-state index in [1.54, 1.807) is 0 Å². The second-order valence-electron chi connectivity index (χ2n) is 3.80. The second kappa shape index (κ2) is 5.42. The van der Waals surface area contributed by atoms with E-state index in [1.807, 2.05) is 0 Å². The number of carbonyl (C=O) groups excluding carboxylic acids is 2. The van der Waals surface area contributed by atoms with Crippen molar-refractivity contribution in [1.29, 1.82) is 0 Å². The molecule has 94 valence electrons. The van der Waals surface area contributed by atoms with Gasteiger partial charge in [0, 0.05) is 19.3 Å². The molecule has 2 amide bonds. The van der Waals surface area contributed by atoms with Gasteiger partial charge >= 0.3 is 11.9 Å². The number of nitrogens with zero attached hydrogens (tertiary/aromatic N) is 1. The van der Waals surface area contributed by atoms with Crippen molar-refractivity contribution >= 4 is 23.8 Å². The van der Waals surface area contributed by atoms with Crippen LogP contribution in [0.4, 0.5) is 0 Å². The molecular formula is C10H13NO6. The molecule has 0 aromatic rings. The molecule has 1 atom stereocenters. The summed E-state index contributed by atoms with van der Waals surface area (Å²) >= 11 is 0. The Hall–Kier alpha value is -1.92. The number of hydrogen-bond donors (Lipinski definition) is 2. The minimum Gasteiger partial charge on any atom is -0.481 e. The summed E-state index contributed by atoms with van der Waals surface area (Å²) in [6.45, 7) is 0. The number of amides is 2. The number of piperidine rings is 1. The van der Waals surface area contributed by atoms with Crippen molar-refractivity contribution in [2.24, 2.45) is 0 Å². The molecule has 1 rings (SSSR count). The zero-order valence-electron chi connectivity index (χ0n) is 9.09. The van der Waals surface area contributed by atoms with E-state index in [2.05, 4.69) is 0 Å². The second-order valence-corrected chi connectivity index (χ2v) is 3.80. The minimum absolute atomic E-state index is 0.128. The van der Waals surface area contributed by atoms with Crippen LogP contribution in [0.25, 0.3) is 0 Å². The van der Waals surface area contributed by atoms with Crippen LogP contribution in [0.2, 0.25) is 0 Å². The van der Waals surface area contributed by atoms with Gasteiger partial charge in [0.25, 0.3) is 0 Å². The van der Waals surface area contributed by atoms with E-state index in [1.165, 1.54) is 0 Å². The van der Waals surface area contributed by atoms with Gasteiger partial charge in [0.15, 0.2) is 0 Å². The Morgan fingerprint density at radius 3 is 2.12 bits per heavy atom. The van der Waals surface area contributed by atoms with Crippen molar-refractivity contribution in [3.05, 3.63) is 0 Å². The molecule has 1 saturated heterocycles.